The van der Waals surface area contributed by atoms with Gasteiger partial charge in [0.05, 0.1) is 11.3 Å². The monoisotopic (exact) mass is 317 g/mol. The molecule has 0 spiro atoms. The highest BCUT2D eigenvalue weighted by molar-refractivity contribution is 6.05. The molecule has 3 rings (SSSR count). The third-order valence-corrected chi connectivity index (χ3v) is 3.90. The van der Waals surface area contributed by atoms with Gasteiger partial charge in [0, 0.05) is 17.4 Å². The highest BCUT2D eigenvalue weighted by Gasteiger charge is 2.13. The second kappa shape index (κ2) is 7.04. The van der Waals surface area contributed by atoms with Crippen LogP contribution in [0.25, 0.3) is 11.4 Å². The van der Waals surface area contributed by atoms with Crippen molar-refractivity contribution in [1.82, 2.24) is 9.97 Å². The number of amides is 1. The van der Waals surface area contributed by atoms with Crippen LogP contribution in [0.4, 0.5) is 5.69 Å². The van der Waals surface area contributed by atoms with Gasteiger partial charge in [-0.2, -0.15) is 0 Å². The topological polar surface area (TPSA) is 54.9 Å². The zero-order valence-corrected chi connectivity index (χ0v) is 13.8. The Bertz CT molecular complexity index is 860. The van der Waals surface area contributed by atoms with Crippen molar-refractivity contribution in [3.05, 3.63) is 77.6 Å². The van der Waals surface area contributed by atoms with Crippen LogP contribution in [-0.2, 0) is 6.42 Å². The minimum absolute atomic E-state index is 0.187. The first-order chi connectivity index (χ1) is 11.7. The molecule has 0 atom stereocenters. The SMILES string of the molecule is CCc1ccccc1NC(=O)c1cnc(-c2ccccc2)nc1C. The van der Waals surface area contributed by atoms with Crippen LogP contribution in [0.2, 0.25) is 0 Å². The van der Waals surface area contributed by atoms with E-state index in [2.05, 4.69) is 22.2 Å². The Morgan fingerprint density at radius 3 is 2.46 bits per heavy atom. The van der Waals surface area contributed by atoms with E-state index in [0.717, 1.165) is 23.2 Å². The molecule has 0 fully saturated rings. The molecule has 0 saturated carbocycles. The lowest BCUT2D eigenvalue weighted by Crippen LogP contribution is -2.16. The number of rotatable bonds is 4. The van der Waals surface area contributed by atoms with E-state index in [1.165, 1.54) is 0 Å². The third-order valence-electron chi connectivity index (χ3n) is 3.90. The van der Waals surface area contributed by atoms with Gasteiger partial charge in [0.15, 0.2) is 5.82 Å². The van der Waals surface area contributed by atoms with Crippen molar-refractivity contribution in [2.45, 2.75) is 20.3 Å². The maximum Gasteiger partial charge on any atom is 0.259 e. The maximum atomic E-state index is 12.6. The van der Waals surface area contributed by atoms with Crippen LogP contribution in [0.15, 0.2) is 60.8 Å². The Labute approximate surface area is 141 Å². The first kappa shape index (κ1) is 15.9. The fraction of sp³-hybridized carbons (Fsp3) is 0.150. The number of hydrogen-bond donors (Lipinski definition) is 1. The lowest BCUT2D eigenvalue weighted by atomic mass is 10.1. The summed E-state index contributed by atoms with van der Waals surface area (Å²) in [6, 6.07) is 17.5. The van der Waals surface area contributed by atoms with E-state index in [1.807, 2.05) is 61.5 Å². The summed E-state index contributed by atoms with van der Waals surface area (Å²) in [7, 11) is 0. The molecule has 4 nitrogen and oxygen atoms in total. The van der Waals surface area contributed by atoms with Crippen molar-refractivity contribution in [1.29, 1.82) is 0 Å². The maximum absolute atomic E-state index is 12.6. The number of carbonyl (C=O) groups is 1. The fourth-order valence-electron chi connectivity index (χ4n) is 2.56. The van der Waals surface area contributed by atoms with Gasteiger partial charge in [0.25, 0.3) is 5.91 Å². The number of benzene rings is 2. The molecule has 4 heteroatoms. The van der Waals surface area contributed by atoms with Crippen molar-refractivity contribution >= 4 is 11.6 Å². The molecular formula is C20H19N3O. The Hall–Kier alpha value is -3.01. The van der Waals surface area contributed by atoms with Crippen LogP contribution in [0.5, 0.6) is 0 Å². The number of nitrogens with one attached hydrogen (secondary N) is 1. The Morgan fingerprint density at radius 1 is 1.04 bits per heavy atom. The third kappa shape index (κ3) is 3.33. The Morgan fingerprint density at radius 2 is 1.75 bits per heavy atom. The van der Waals surface area contributed by atoms with Crippen LogP contribution >= 0.6 is 0 Å². The molecule has 3 aromatic rings. The Kier molecular flexibility index (Phi) is 4.66. The summed E-state index contributed by atoms with van der Waals surface area (Å²) in [5, 5.41) is 2.96. The molecule has 0 unspecified atom stereocenters. The largest absolute Gasteiger partial charge is 0.322 e. The van der Waals surface area contributed by atoms with E-state index in [9.17, 15) is 4.79 Å². The second-order valence-corrected chi connectivity index (χ2v) is 5.52. The summed E-state index contributed by atoms with van der Waals surface area (Å²) < 4.78 is 0. The summed E-state index contributed by atoms with van der Waals surface area (Å²) in [6.45, 7) is 3.89. The van der Waals surface area contributed by atoms with Gasteiger partial charge in [-0.1, -0.05) is 55.5 Å². The molecule has 0 aliphatic carbocycles. The molecule has 0 aliphatic rings. The summed E-state index contributed by atoms with van der Waals surface area (Å²) in [5.41, 5.74) is 4.02. The summed E-state index contributed by atoms with van der Waals surface area (Å²) in [5.74, 6) is 0.437. The molecule has 1 heterocycles. The van der Waals surface area contributed by atoms with Gasteiger partial charge in [-0.25, -0.2) is 9.97 Å². The van der Waals surface area contributed by atoms with Crippen LogP contribution in [0.3, 0.4) is 0 Å². The number of para-hydroxylation sites is 1. The second-order valence-electron chi connectivity index (χ2n) is 5.52. The van der Waals surface area contributed by atoms with E-state index in [4.69, 9.17) is 0 Å². The zero-order chi connectivity index (χ0) is 16.9. The molecule has 1 amide bonds. The van der Waals surface area contributed by atoms with Gasteiger partial charge < -0.3 is 5.32 Å². The molecule has 0 aliphatic heterocycles. The van der Waals surface area contributed by atoms with Gasteiger partial charge in [0.1, 0.15) is 0 Å². The highest BCUT2D eigenvalue weighted by Crippen LogP contribution is 2.19. The average Bonchev–Trinajstić information content (AvgIpc) is 2.62. The fourth-order valence-corrected chi connectivity index (χ4v) is 2.56. The van der Waals surface area contributed by atoms with Crippen LogP contribution in [0.1, 0.15) is 28.5 Å². The number of carbonyl (C=O) groups excluding carboxylic acids is 1. The highest BCUT2D eigenvalue weighted by atomic mass is 16.1. The van der Waals surface area contributed by atoms with E-state index < -0.39 is 0 Å². The molecule has 0 bridgehead atoms. The minimum Gasteiger partial charge on any atom is -0.322 e. The van der Waals surface area contributed by atoms with Crippen molar-refractivity contribution in [3.63, 3.8) is 0 Å². The summed E-state index contributed by atoms with van der Waals surface area (Å²) in [6.07, 6.45) is 2.45. The summed E-state index contributed by atoms with van der Waals surface area (Å²) >= 11 is 0. The molecule has 24 heavy (non-hydrogen) atoms. The Balaban J connectivity index is 1.86. The van der Waals surface area contributed by atoms with Crippen molar-refractivity contribution in [2.75, 3.05) is 5.32 Å². The first-order valence-electron chi connectivity index (χ1n) is 7.97. The molecule has 0 radical (unpaired) electrons. The van der Waals surface area contributed by atoms with E-state index >= 15 is 0 Å². The normalized spacial score (nSPS) is 10.4. The van der Waals surface area contributed by atoms with Gasteiger partial charge in [-0.3, -0.25) is 4.79 Å². The number of aryl methyl sites for hydroxylation is 2. The van der Waals surface area contributed by atoms with Crippen molar-refractivity contribution < 1.29 is 4.79 Å². The molecule has 1 aromatic heterocycles. The molecular weight excluding hydrogens is 298 g/mol. The lowest BCUT2D eigenvalue weighted by Gasteiger charge is -2.11. The zero-order valence-electron chi connectivity index (χ0n) is 13.8. The number of nitrogens with zero attached hydrogens (tertiary/aromatic N) is 2. The van der Waals surface area contributed by atoms with Gasteiger partial charge >= 0.3 is 0 Å². The smallest absolute Gasteiger partial charge is 0.259 e. The standard InChI is InChI=1S/C20H19N3O/c1-3-15-9-7-8-12-18(15)23-20(24)17-13-21-19(22-14(17)2)16-10-5-4-6-11-16/h4-13H,3H2,1-2H3,(H,23,24). The van der Waals surface area contributed by atoms with Gasteiger partial charge in [-0.05, 0) is 25.0 Å². The van der Waals surface area contributed by atoms with Crippen LogP contribution in [0, 0.1) is 6.92 Å². The minimum atomic E-state index is -0.187. The van der Waals surface area contributed by atoms with Crippen LogP contribution < -0.4 is 5.32 Å². The van der Waals surface area contributed by atoms with E-state index in [-0.39, 0.29) is 5.91 Å². The summed E-state index contributed by atoms with van der Waals surface area (Å²) in [4.78, 5) is 21.4. The molecule has 1 N–H and O–H groups in total. The van der Waals surface area contributed by atoms with Gasteiger partial charge in [0.2, 0.25) is 0 Å². The van der Waals surface area contributed by atoms with Crippen molar-refractivity contribution in [3.8, 4) is 11.4 Å². The number of aromatic nitrogens is 2. The number of hydrogen-bond acceptors (Lipinski definition) is 3. The van der Waals surface area contributed by atoms with Gasteiger partial charge in [-0.15, -0.1) is 0 Å². The molecule has 120 valence electrons. The number of anilines is 1. The van der Waals surface area contributed by atoms with Crippen molar-refractivity contribution in [2.24, 2.45) is 0 Å². The predicted octanol–water partition coefficient (Wildman–Crippen LogP) is 4.27. The lowest BCUT2D eigenvalue weighted by molar-refractivity contribution is 0.102. The van der Waals surface area contributed by atoms with Crippen LogP contribution in [-0.4, -0.2) is 15.9 Å². The van der Waals surface area contributed by atoms with E-state index in [0.29, 0.717) is 17.1 Å². The predicted molar refractivity (Wildman–Crippen MR) is 96.0 cm³/mol. The molecule has 0 saturated heterocycles. The quantitative estimate of drug-likeness (QED) is 0.782. The average molecular weight is 317 g/mol. The van der Waals surface area contributed by atoms with E-state index in [1.54, 1.807) is 6.20 Å². The first-order valence-corrected chi connectivity index (χ1v) is 7.97. The molecule has 2 aromatic carbocycles.